The molecule has 0 atom stereocenters. The number of benzene rings is 1. The van der Waals surface area contributed by atoms with Crippen LogP contribution in [0, 0.1) is 10.1 Å². The molecule has 112 valence electrons. The number of carbonyl (C=O) groups is 2. The van der Waals surface area contributed by atoms with E-state index in [-0.39, 0.29) is 24.6 Å². The van der Waals surface area contributed by atoms with E-state index < -0.39 is 16.6 Å². The van der Waals surface area contributed by atoms with Crippen molar-refractivity contribution < 1.29 is 19.6 Å². The number of likely N-dealkylation sites (N-methyl/N-ethyl adjacent to an activating group) is 1. The number of carbonyl (C=O) groups excluding carboxylic acids is 1. The molecular weight excluding hydrogens is 278 g/mol. The van der Waals surface area contributed by atoms with Gasteiger partial charge in [0.15, 0.2) is 0 Å². The average Bonchev–Trinajstić information content (AvgIpc) is 2.42. The van der Waals surface area contributed by atoms with Gasteiger partial charge in [0.2, 0.25) is 5.91 Å². The molecule has 1 N–H and O–H groups in total. The van der Waals surface area contributed by atoms with E-state index in [0.29, 0.717) is 18.7 Å². The molecule has 21 heavy (non-hydrogen) atoms. The molecule has 8 nitrogen and oxygen atoms in total. The van der Waals surface area contributed by atoms with E-state index in [1.807, 2.05) is 0 Å². The van der Waals surface area contributed by atoms with Gasteiger partial charge in [-0.2, -0.15) is 0 Å². The molecule has 0 aromatic heterocycles. The summed E-state index contributed by atoms with van der Waals surface area (Å²) in [6, 6.07) is 4.17. The van der Waals surface area contributed by atoms with Crippen molar-refractivity contribution in [2.24, 2.45) is 0 Å². The van der Waals surface area contributed by atoms with Crippen molar-refractivity contribution in [1.29, 1.82) is 0 Å². The van der Waals surface area contributed by atoms with Crippen molar-refractivity contribution in [2.45, 2.75) is 6.54 Å². The highest BCUT2D eigenvalue weighted by Gasteiger charge is 2.26. The monoisotopic (exact) mass is 293 g/mol. The van der Waals surface area contributed by atoms with Crippen molar-refractivity contribution >= 4 is 17.6 Å². The summed E-state index contributed by atoms with van der Waals surface area (Å²) in [6.45, 7) is 1.53. The lowest BCUT2D eigenvalue weighted by Gasteiger charge is -2.32. The fourth-order valence-electron chi connectivity index (χ4n) is 2.30. The Hall–Kier alpha value is -2.48. The molecule has 1 aromatic carbocycles. The van der Waals surface area contributed by atoms with Gasteiger partial charge in [-0.3, -0.25) is 19.8 Å². The standard InChI is InChI=1S/C13H15N3O5/c1-14-5-6-15(8-11(14)17)7-9-3-2-4-10(16(20)21)12(9)13(18)19/h2-4H,5-8H2,1H3,(H,18,19). The number of nitro groups is 1. The third kappa shape index (κ3) is 3.16. The summed E-state index contributed by atoms with van der Waals surface area (Å²) in [5.41, 5.74) is -0.400. The Bertz CT molecular complexity index is 601. The summed E-state index contributed by atoms with van der Waals surface area (Å²) in [5, 5.41) is 20.2. The van der Waals surface area contributed by atoms with E-state index in [4.69, 9.17) is 0 Å². The SMILES string of the molecule is CN1CCN(Cc2cccc([N+](=O)[O-])c2C(=O)O)CC1=O. The highest BCUT2D eigenvalue weighted by Crippen LogP contribution is 2.24. The molecule has 0 radical (unpaired) electrons. The first kappa shape index (κ1) is 14.9. The summed E-state index contributed by atoms with van der Waals surface area (Å²) in [7, 11) is 1.70. The van der Waals surface area contributed by atoms with E-state index in [0.717, 1.165) is 0 Å². The molecule has 1 fully saturated rings. The van der Waals surface area contributed by atoms with Gasteiger partial charge in [0.1, 0.15) is 5.56 Å². The van der Waals surface area contributed by atoms with Gasteiger partial charge in [-0.25, -0.2) is 4.79 Å². The zero-order valence-corrected chi connectivity index (χ0v) is 11.5. The fourth-order valence-corrected chi connectivity index (χ4v) is 2.30. The summed E-state index contributed by atoms with van der Waals surface area (Å²) >= 11 is 0. The maximum atomic E-state index is 11.6. The minimum absolute atomic E-state index is 0.0523. The summed E-state index contributed by atoms with van der Waals surface area (Å²) in [6.07, 6.45) is 0. The lowest BCUT2D eigenvalue weighted by molar-refractivity contribution is -0.385. The smallest absolute Gasteiger partial charge is 0.343 e. The maximum absolute atomic E-state index is 11.6. The van der Waals surface area contributed by atoms with Crippen molar-refractivity contribution in [3.05, 3.63) is 39.4 Å². The molecule has 0 bridgehead atoms. The summed E-state index contributed by atoms with van der Waals surface area (Å²) in [5.74, 6) is -1.39. The van der Waals surface area contributed by atoms with Crippen LogP contribution in [-0.4, -0.2) is 58.4 Å². The van der Waals surface area contributed by atoms with Crippen LogP contribution >= 0.6 is 0 Å². The van der Waals surface area contributed by atoms with Gasteiger partial charge in [0.25, 0.3) is 5.69 Å². The molecule has 0 saturated carbocycles. The minimum atomic E-state index is -1.34. The number of hydrogen-bond acceptors (Lipinski definition) is 5. The van der Waals surface area contributed by atoms with Crippen molar-refractivity contribution in [3.8, 4) is 0 Å². The Morgan fingerprint density at radius 2 is 2.14 bits per heavy atom. The number of nitrogens with zero attached hydrogens (tertiary/aromatic N) is 3. The van der Waals surface area contributed by atoms with E-state index in [1.54, 1.807) is 22.9 Å². The predicted molar refractivity (Wildman–Crippen MR) is 73.0 cm³/mol. The second-order valence-corrected chi connectivity index (χ2v) is 4.90. The quantitative estimate of drug-likeness (QED) is 0.642. The molecule has 1 heterocycles. The Morgan fingerprint density at radius 1 is 1.43 bits per heavy atom. The lowest BCUT2D eigenvalue weighted by atomic mass is 10.0. The van der Waals surface area contributed by atoms with Crippen LogP contribution in [0.1, 0.15) is 15.9 Å². The number of amides is 1. The second-order valence-electron chi connectivity index (χ2n) is 4.90. The Morgan fingerprint density at radius 3 is 2.71 bits per heavy atom. The van der Waals surface area contributed by atoms with Crippen LogP contribution in [-0.2, 0) is 11.3 Å². The second kappa shape index (κ2) is 5.88. The minimum Gasteiger partial charge on any atom is -0.477 e. The predicted octanol–water partition coefficient (Wildman–Crippen LogP) is 0.567. The van der Waals surface area contributed by atoms with Gasteiger partial charge >= 0.3 is 5.97 Å². The molecule has 1 saturated heterocycles. The number of carboxylic acids is 1. The summed E-state index contributed by atoms with van der Waals surface area (Å²) in [4.78, 5) is 36.6. The van der Waals surface area contributed by atoms with Gasteiger partial charge in [0, 0.05) is 32.7 Å². The Balaban J connectivity index is 2.28. The zero-order valence-electron chi connectivity index (χ0n) is 11.5. The molecule has 1 aliphatic heterocycles. The van der Waals surface area contributed by atoms with Gasteiger partial charge in [-0.1, -0.05) is 12.1 Å². The van der Waals surface area contributed by atoms with Crippen LogP contribution in [0.2, 0.25) is 0 Å². The molecular formula is C13H15N3O5. The zero-order chi connectivity index (χ0) is 15.6. The number of aromatic carboxylic acids is 1. The van der Waals surface area contributed by atoms with E-state index >= 15 is 0 Å². The van der Waals surface area contributed by atoms with Crippen LogP contribution in [0.15, 0.2) is 18.2 Å². The third-order valence-corrected chi connectivity index (χ3v) is 3.47. The first-order valence-corrected chi connectivity index (χ1v) is 6.36. The van der Waals surface area contributed by atoms with Gasteiger partial charge in [0.05, 0.1) is 11.5 Å². The normalized spacial score (nSPS) is 16.0. The fraction of sp³-hybridized carbons (Fsp3) is 0.385. The Kier molecular flexibility index (Phi) is 4.18. The van der Waals surface area contributed by atoms with Crippen molar-refractivity contribution in [1.82, 2.24) is 9.80 Å². The first-order valence-electron chi connectivity index (χ1n) is 6.36. The number of carboxylic acid groups (broad SMARTS) is 1. The van der Waals surface area contributed by atoms with E-state index in [2.05, 4.69) is 0 Å². The van der Waals surface area contributed by atoms with Crippen molar-refractivity contribution in [2.75, 3.05) is 26.7 Å². The van der Waals surface area contributed by atoms with Gasteiger partial charge < -0.3 is 10.0 Å². The van der Waals surface area contributed by atoms with E-state index in [1.165, 1.54) is 12.1 Å². The number of hydrogen-bond donors (Lipinski definition) is 1. The number of nitro benzene ring substituents is 1. The van der Waals surface area contributed by atoms with Crippen LogP contribution < -0.4 is 0 Å². The molecule has 0 spiro atoms. The highest BCUT2D eigenvalue weighted by atomic mass is 16.6. The lowest BCUT2D eigenvalue weighted by Crippen LogP contribution is -2.48. The van der Waals surface area contributed by atoms with E-state index in [9.17, 15) is 24.8 Å². The van der Waals surface area contributed by atoms with Crippen LogP contribution in [0.25, 0.3) is 0 Å². The maximum Gasteiger partial charge on any atom is 0.343 e. The average molecular weight is 293 g/mol. The Labute approximate surface area is 120 Å². The molecule has 0 aliphatic carbocycles. The molecule has 2 rings (SSSR count). The third-order valence-electron chi connectivity index (χ3n) is 3.47. The molecule has 1 aliphatic rings. The first-order chi connectivity index (χ1) is 9.90. The van der Waals surface area contributed by atoms with Crippen LogP contribution in [0.5, 0.6) is 0 Å². The largest absolute Gasteiger partial charge is 0.477 e. The molecule has 1 aromatic rings. The van der Waals surface area contributed by atoms with Gasteiger partial charge in [-0.05, 0) is 5.56 Å². The van der Waals surface area contributed by atoms with Crippen molar-refractivity contribution in [3.63, 3.8) is 0 Å². The molecule has 0 unspecified atom stereocenters. The van der Waals surface area contributed by atoms with Crippen LogP contribution in [0.3, 0.4) is 0 Å². The van der Waals surface area contributed by atoms with Crippen LogP contribution in [0.4, 0.5) is 5.69 Å². The number of piperazine rings is 1. The highest BCUT2D eigenvalue weighted by molar-refractivity contribution is 5.94. The topological polar surface area (TPSA) is 104 Å². The molecule has 1 amide bonds. The number of rotatable bonds is 4. The molecule has 8 heteroatoms. The summed E-state index contributed by atoms with van der Waals surface area (Å²) < 4.78 is 0. The van der Waals surface area contributed by atoms with Gasteiger partial charge in [-0.15, -0.1) is 0 Å².